The second-order valence-corrected chi connectivity index (χ2v) is 2.52. The van der Waals surface area contributed by atoms with Gasteiger partial charge in [-0.25, -0.2) is 0 Å². The Morgan fingerprint density at radius 2 is 2.30 bits per heavy atom. The van der Waals surface area contributed by atoms with Crippen LogP contribution in [0.1, 0.15) is 13.8 Å². The zero-order valence-corrected chi connectivity index (χ0v) is 9.75. The fourth-order valence-electron chi connectivity index (χ4n) is 0.708. The Bertz CT molecular complexity index is 127. The van der Waals surface area contributed by atoms with Gasteiger partial charge in [0.05, 0.1) is 6.61 Å². The molecule has 0 radical (unpaired) electrons. The van der Waals surface area contributed by atoms with Crippen LogP contribution in [-0.2, 0) is 4.74 Å². The molecular formula is C6H10KNO2. The molecule has 0 aromatic rings. The summed E-state index contributed by atoms with van der Waals surface area (Å²) in [5.41, 5.74) is 0. The number of ether oxygens (including phenoxy) is 1. The Labute approximate surface area is 103 Å². The summed E-state index contributed by atoms with van der Waals surface area (Å²) in [5.74, 6) is 0.413. The van der Waals surface area contributed by atoms with Crippen molar-refractivity contribution in [2.45, 2.75) is 19.9 Å². The van der Waals surface area contributed by atoms with Crippen LogP contribution in [0.3, 0.4) is 0 Å². The molecule has 1 rings (SSSR count). The van der Waals surface area contributed by atoms with E-state index < -0.39 is 6.09 Å². The van der Waals surface area contributed by atoms with Crippen LogP contribution < -0.4 is 51.4 Å². The SMILES string of the molecule is CC(C)[C@H]1COC(=O)[N-]1.[K+]. The van der Waals surface area contributed by atoms with Gasteiger partial charge in [0.25, 0.3) is 0 Å². The molecule has 0 unspecified atom stereocenters. The molecule has 1 fully saturated rings. The first-order valence-electron chi connectivity index (χ1n) is 3.08. The van der Waals surface area contributed by atoms with E-state index in [4.69, 9.17) is 0 Å². The molecule has 1 aliphatic rings. The van der Waals surface area contributed by atoms with Gasteiger partial charge in [-0.3, -0.25) is 4.79 Å². The molecule has 0 aromatic heterocycles. The van der Waals surface area contributed by atoms with E-state index in [9.17, 15) is 4.79 Å². The summed E-state index contributed by atoms with van der Waals surface area (Å²) < 4.78 is 4.62. The zero-order valence-electron chi connectivity index (χ0n) is 6.63. The number of rotatable bonds is 1. The van der Waals surface area contributed by atoms with E-state index in [-0.39, 0.29) is 57.4 Å². The Balaban J connectivity index is 0.000000810. The van der Waals surface area contributed by atoms with Crippen LogP contribution in [0.15, 0.2) is 0 Å². The summed E-state index contributed by atoms with van der Waals surface area (Å²) in [6, 6.07) is 0.0949. The van der Waals surface area contributed by atoms with Crippen molar-refractivity contribution in [3.8, 4) is 0 Å². The molecule has 0 aliphatic carbocycles. The third kappa shape index (κ3) is 2.88. The van der Waals surface area contributed by atoms with Crippen LogP contribution >= 0.6 is 0 Å². The van der Waals surface area contributed by atoms with Gasteiger partial charge < -0.3 is 10.1 Å². The number of hydrogen-bond acceptors (Lipinski definition) is 2. The van der Waals surface area contributed by atoms with Crippen molar-refractivity contribution in [3.63, 3.8) is 0 Å². The predicted molar refractivity (Wildman–Crippen MR) is 33.3 cm³/mol. The molecule has 0 N–H and O–H groups in total. The molecule has 1 saturated heterocycles. The predicted octanol–water partition coefficient (Wildman–Crippen LogP) is -1.46. The summed E-state index contributed by atoms with van der Waals surface area (Å²) in [5, 5.41) is 3.73. The molecule has 0 aromatic carbocycles. The topological polar surface area (TPSA) is 40.4 Å². The average Bonchev–Trinajstić information content (AvgIpc) is 2.14. The zero-order chi connectivity index (χ0) is 6.85. The summed E-state index contributed by atoms with van der Waals surface area (Å²) >= 11 is 0. The van der Waals surface area contributed by atoms with Gasteiger partial charge in [-0.2, -0.15) is 0 Å². The van der Waals surface area contributed by atoms with Crippen LogP contribution in [-0.4, -0.2) is 18.7 Å². The first-order valence-corrected chi connectivity index (χ1v) is 3.08. The fraction of sp³-hybridized carbons (Fsp3) is 0.833. The maximum atomic E-state index is 10.4. The van der Waals surface area contributed by atoms with Crippen molar-refractivity contribution in [2.75, 3.05) is 6.61 Å². The van der Waals surface area contributed by atoms with Crippen LogP contribution in [0.25, 0.3) is 5.32 Å². The standard InChI is InChI=1S/C6H11NO2.K/c1-4(2)5-3-9-6(8)7-5;/h4-5H,3H2,1-2H3,(H,7,8);/q;+1/p-1/t5-;/m1./s1. The van der Waals surface area contributed by atoms with E-state index in [1.54, 1.807) is 0 Å². The largest absolute Gasteiger partial charge is 1.00 e. The van der Waals surface area contributed by atoms with Gasteiger partial charge in [0, 0.05) is 0 Å². The number of carbonyl (C=O) groups excluding carboxylic acids is 1. The number of carbonyl (C=O) groups is 1. The van der Waals surface area contributed by atoms with Crippen LogP contribution in [0, 0.1) is 5.92 Å². The molecule has 1 aliphatic heterocycles. The molecule has 4 heteroatoms. The van der Waals surface area contributed by atoms with E-state index in [1.807, 2.05) is 13.8 Å². The van der Waals surface area contributed by atoms with Gasteiger partial charge in [0.15, 0.2) is 0 Å². The van der Waals surface area contributed by atoms with E-state index in [2.05, 4.69) is 10.1 Å². The van der Waals surface area contributed by atoms with Gasteiger partial charge in [0.2, 0.25) is 6.09 Å². The molecule has 1 atom stereocenters. The van der Waals surface area contributed by atoms with Crippen LogP contribution in [0.5, 0.6) is 0 Å². The summed E-state index contributed by atoms with van der Waals surface area (Å²) in [4.78, 5) is 10.4. The minimum absolute atomic E-state index is 0. The average molecular weight is 167 g/mol. The van der Waals surface area contributed by atoms with Crippen LogP contribution in [0.4, 0.5) is 4.79 Å². The number of amides is 1. The molecule has 0 saturated carbocycles. The van der Waals surface area contributed by atoms with E-state index in [1.165, 1.54) is 0 Å². The van der Waals surface area contributed by atoms with Crippen molar-refractivity contribution in [2.24, 2.45) is 5.92 Å². The maximum absolute atomic E-state index is 10.4. The summed E-state index contributed by atoms with van der Waals surface area (Å²) in [7, 11) is 0. The summed E-state index contributed by atoms with van der Waals surface area (Å²) in [6.45, 7) is 4.52. The molecule has 0 spiro atoms. The first-order chi connectivity index (χ1) is 4.20. The Hall–Kier alpha value is 0.906. The van der Waals surface area contributed by atoms with Gasteiger partial charge in [-0.15, -0.1) is 0 Å². The number of cyclic esters (lactones) is 1. The molecule has 1 amide bonds. The normalized spacial score (nSPS) is 23.5. The van der Waals surface area contributed by atoms with Crippen molar-refractivity contribution in [1.82, 2.24) is 0 Å². The van der Waals surface area contributed by atoms with E-state index >= 15 is 0 Å². The molecule has 0 bridgehead atoms. The Kier molecular flexibility index (Phi) is 5.15. The van der Waals surface area contributed by atoms with Gasteiger partial charge in [-0.05, 0) is 0 Å². The van der Waals surface area contributed by atoms with Gasteiger partial charge in [0.1, 0.15) is 0 Å². The second-order valence-electron chi connectivity index (χ2n) is 2.52. The minimum atomic E-state index is -0.409. The number of hydrogen-bond donors (Lipinski definition) is 0. The Morgan fingerprint density at radius 3 is 2.50 bits per heavy atom. The fourth-order valence-corrected chi connectivity index (χ4v) is 0.708. The van der Waals surface area contributed by atoms with Crippen molar-refractivity contribution in [3.05, 3.63) is 5.32 Å². The van der Waals surface area contributed by atoms with Gasteiger partial charge >= 0.3 is 51.4 Å². The van der Waals surface area contributed by atoms with Crippen LogP contribution in [0.2, 0.25) is 0 Å². The first kappa shape index (κ1) is 10.9. The summed E-state index contributed by atoms with van der Waals surface area (Å²) in [6.07, 6.45) is -0.409. The van der Waals surface area contributed by atoms with Crippen molar-refractivity contribution >= 4 is 6.09 Å². The number of nitrogens with zero attached hydrogens (tertiary/aromatic N) is 1. The van der Waals surface area contributed by atoms with Gasteiger partial charge in [-0.1, -0.05) is 25.8 Å². The molecule has 10 heavy (non-hydrogen) atoms. The smallest absolute Gasteiger partial charge is 0.612 e. The van der Waals surface area contributed by atoms with E-state index in [0.29, 0.717) is 12.5 Å². The molecule has 52 valence electrons. The Morgan fingerprint density at radius 1 is 1.70 bits per heavy atom. The molecular weight excluding hydrogens is 157 g/mol. The second kappa shape index (κ2) is 4.72. The quantitative estimate of drug-likeness (QED) is 0.448. The third-order valence-corrected chi connectivity index (χ3v) is 1.42. The maximum Gasteiger partial charge on any atom is 1.00 e. The minimum Gasteiger partial charge on any atom is -0.612 e. The van der Waals surface area contributed by atoms with Crippen molar-refractivity contribution in [1.29, 1.82) is 0 Å². The molecule has 3 nitrogen and oxygen atoms in total. The van der Waals surface area contributed by atoms with Crippen molar-refractivity contribution < 1.29 is 60.9 Å². The molecule has 1 heterocycles. The third-order valence-electron chi connectivity index (χ3n) is 1.42. The van der Waals surface area contributed by atoms with E-state index in [0.717, 1.165) is 0 Å². The monoisotopic (exact) mass is 167 g/mol.